The Balaban J connectivity index is 1.89. The Morgan fingerprint density at radius 1 is 1.44 bits per heavy atom. The van der Waals surface area contributed by atoms with Crippen molar-refractivity contribution < 1.29 is 14.6 Å². The van der Waals surface area contributed by atoms with Gasteiger partial charge in [0.15, 0.2) is 0 Å². The van der Waals surface area contributed by atoms with Crippen LogP contribution in [0.25, 0.3) is 0 Å². The fourth-order valence-corrected chi connectivity index (χ4v) is 2.16. The van der Waals surface area contributed by atoms with Gasteiger partial charge in [0.05, 0.1) is 25.9 Å². The maximum Gasteiger partial charge on any atom is 0.222 e. The maximum atomic E-state index is 11.5. The van der Waals surface area contributed by atoms with E-state index in [1.54, 1.807) is 12.4 Å². The summed E-state index contributed by atoms with van der Waals surface area (Å²) in [6.45, 7) is 1.09. The maximum absolute atomic E-state index is 11.5. The first-order valence-electron chi connectivity index (χ1n) is 6.16. The highest BCUT2D eigenvalue weighted by Crippen LogP contribution is 2.18. The molecule has 2 rings (SSSR count). The van der Waals surface area contributed by atoms with Crippen LogP contribution in [-0.2, 0) is 16.0 Å². The highest BCUT2D eigenvalue weighted by atomic mass is 16.5. The molecule has 1 aromatic heterocycles. The summed E-state index contributed by atoms with van der Waals surface area (Å²) in [5, 5.41) is 11.6. The smallest absolute Gasteiger partial charge is 0.222 e. The molecule has 2 heterocycles. The summed E-state index contributed by atoms with van der Waals surface area (Å²) in [5.41, 5.74) is 1.20. The zero-order valence-corrected chi connectivity index (χ0v) is 10.2. The molecule has 1 saturated heterocycles. The molecule has 0 unspecified atom stereocenters. The summed E-state index contributed by atoms with van der Waals surface area (Å²) in [7, 11) is 0. The van der Waals surface area contributed by atoms with E-state index in [4.69, 9.17) is 9.84 Å². The fraction of sp³-hybridized carbons (Fsp3) is 0.538. The number of aromatic nitrogens is 1. The molecule has 5 nitrogen and oxygen atoms in total. The lowest BCUT2D eigenvalue weighted by Gasteiger charge is -2.18. The third kappa shape index (κ3) is 3.51. The Kier molecular flexibility index (Phi) is 4.66. The summed E-state index contributed by atoms with van der Waals surface area (Å²) in [6, 6.07) is 3.99. The van der Waals surface area contributed by atoms with Crippen LogP contribution in [0.2, 0.25) is 0 Å². The first-order valence-corrected chi connectivity index (χ1v) is 6.16. The van der Waals surface area contributed by atoms with Crippen LogP contribution in [0, 0.1) is 5.92 Å². The number of amides is 1. The molecule has 5 heteroatoms. The fourth-order valence-electron chi connectivity index (χ4n) is 2.16. The Bertz CT molecular complexity index is 383. The van der Waals surface area contributed by atoms with E-state index in [0.717, 1.165) is 6.42 Å². The molecule has 1 amide bonds. The molecule has 0 radical (unpaired) electrons. The molecule has 1 fully saturated rings. The minimum atomic E-state index is -0.118. The second-order valence-electron chi connectivity index (χ2n) is 4.50. The topological polar surface area (TPSA) is 71.5 Å². The molecule has 2 N–H and O–H groups in total. The zero-order chi connectivity index (χ0) is 12.8. The number of rotatable bonds is 5. The van der Waals surface area contributed by atoms with Crippen molar-refractivity contribution in [1.82, 2.24) is 10.3 Å². The second-order valence-corrected chi connectivity index (χ2v) is 4.50. The van der Waals surface area contributed by atoms with E-state index in [1.165, 1.54) is 5.56 Å². The van der Waals surface area contributed by atoms with Gasteiger partial charge in [-0.15, -0.1) is 0 Å². The first kappa shape index (κ1) is 13.0. The lowest BCUT2D eigenvalue weighted by Crippen LogP contribution is -2.40. The van der Waals surface area contributed by atoms with Crippen molar-refractivity contribution in [3.63, 3.8) is 0 Å². The van der Waals surface area contributed by atoms with Crippen LogP contribution in [0.1, 0.15) is 12.0 Å². The van der Waals surface area contributed by atoms with Gasteiger partial charge in [-0.2, -0.15) is 0 Å². The number of aliphatic hydroxyl groups is 1. The number of hydrogen-bond donors (Lipinski definition) is 2. The van der Waals surface area contributed by atoms with E-state index >= 15 is 0 Å². The molecular formula is C13H18N2O3. The number of nitrogens with zero attached hydrogens (tertiary/aromatic N) is 1. The summed E-state index contributed by atoms with van der Waals surface area (Å²) < 4.78 is 5.43. The third-order valence-electron chi connectivity index (χ3n) is 3.13. The van der Waals surface area contributed by atoms with Gasteiger partial charge >= 0.3 is 0 Å². The lowest BCUT2D eigenvalue weighted by atomic mass is 9.95. The molecule has 0 bridgehead atoms. The van der Waals surface area contributed by atoms with Gasteiger partial charge in [-0.05, 0) is 24.1 Å². The molecule has 0 spiro atoms. The van der Waals surface area contributed by atoms with Gasteiger partial charge in [-0.25, -0.2) is 0 Å². The Morgan fingerprint density at radius 2 is 2.22 bits per heavy atom. The number of nitrogens with one attached hydrogen (secondary N) is 1. The van der Waals surface area contributed by atoms with Crippen molar-refractivity contribution in [3.8, 4) is 0 Å². The zero-order valence-electron chi connectivity index (χ0n) is 10.2. The standard InChI is InChI=1S/C13H18N2O3/c16-6-3-13(17)15-12-9-18-8-11(12)7-10-1-4-14-5-2-10/h1-2,4-5,11-12,16H,3,6-9H2,(H,15,17)/t11-,12-/m1/s1. The van der Waals surface area contributed by atoms with Crippen molar-refractivity contribution in [1.29, 1.82) is 0 Å². The van der Waals surface area contributed by atoms with Crippen molar-refractivity contribution >= 4 is 5.91 Å². The normalized spacial score (nSPS) is 22.9. The monoisotopic (exact) mass is 250 g/mol. The van der Waals surface area contributed by atoms with Gasteiger partial charge in [-0.1, -0.05) is 0 Å². The van der Waals surface area contributed by atoms with Crippen molar-refractivity contribution in [3.05, 3.63) is 30.1 Å². The molecule has 1 aliphatic rings. The highest BCUT2D eigenvalue weighted by molar-refractivity contribution is 5.76. The molecular weight excluding hydrogens is 232 g/mol. The molecule has 98 valence electrons. The molecule has 18 heavy (non-hydrogen) atoms. The molecule has 1 aliphatic heterocycles. The van der Waals surface area contributed by atoms with E-state index in [9.17, 15) is 4.79 Å². The Hall–Kier alpha value is -1.46. The molecule has 0 aromatic carbocycles. The first-order chi connectivity index (χ1) is 8.79. The highest BCUT2D eigenvalue weighted by Gasteiger charge is 2.29. The van der Waals surface area contributed by atoms with Crippen molar-refractivity contribution in [2.24, 2.45) is 5.92 Å². The minimum Gasteiger partial charge on any atom is -0.396 e. The van der Waals surface area contributed by atoms with E-state index in [-0.39, 0.29) is 30.9 Å². The predicted octanol–water partition coefficient (Wildman–Crippen LogP) is 0.138. The van der Waals surface area contributed by atoms with E-state index in [0.29, 0.717) is 13.2 Å². The molecule has 0 saturated carbocycles. The number of hydrogen-bond acceptors (Lipinski definition) is 4. The van der Waals surface area contributed by atoms with Crippen LogP contribution in [-0.4, -0.2) is 41.9 Å². The van der Waals surface area contributed by atoms with Gasteiger partial charge in [0, 0.05) is 24.7 Å². The number of aliphatic hydroxyl groups excluding tert-OH is 1. The average molecular weight is 250 g/mol. The number of ether oxygens (including phenoxy) is 1. The number of carbonyl (C=O) groups excluding carboxylic acids is 1. The molecule has 0 aliphatic carbocycles. The van der Waals surface area contributed by atoms with Crippen LogP contribution in [0.5, 0.6) is 0 Å². The van der Waals surface area contributed by atoms with Gasteiger partial charge in [0.25, 0.3) is 0 Å². The number of carbonyl (C=O) groups is 1. The summed E-state index contributed by atoms with van der Waals surface area (Å²) >= 11 is 0. The Labute approximate surface area is 106 Å². The van der Waals surface area contributed by atoms with E-state index in [1.807, 2.05) is 12.1 Å². The molecule has 2 atom stereocenters. The average Bonchev–Trinajstić information content (AvgIpc) is 2.78. The minimum absolute atomic E-state index is 0.0391. The summed E-state index contributed by atoms with van der Waals surface area (Å²) in [5.74, 6) is 0.169. The van der Waals surface area contributed by atoms with Crippen LogP contribution in [0.3, 0.4) is 0 Å². The Morgan fingerprint density at radius 3 is 2.94 bits per heavy atom. The van der Waals surface area contributed by atoms with E-state index in [2.05, 4.69) is 10.3 Å². The summed E-state index contributed by atoms with van der Waals surface area (Å²) in [6.07, 6.45) is 4.56. The van der Waals surface area contributed by atoms with Gasteiger partial charge in [-0.3, -0.25) is 9.78 Å². The van der Waals surface area contributed by atoms with Crippen LogP contribution in [0.4, 0.5) is 0 Å². The third-order valence-corrected chi connectivity index (χ3v) is 3.13. The second kappa shape index (κ2) is 6.47. The van der Waals surface area contributed by atoms with E-state index < -0.39 is 0 Å². The van der Waals surface area contributed by atoms with Crippen LogP contribution >= 0.6 is 0 Å². The summed E-state index contributed by atoms with van der Waals surface area (Å²) in [4.78, 5) is 15.4. The van der Waals surface area contributed by atoms with Crippen molar-refractivity contribution in [2.75, 3.05) is 19.8 Å². The van der Waals surface area contributed by atoms with Crippen molar-refractivity contribution in [2.45, 2.75) is 18.9 Å². The SMILES string of the molecule is O=C(CCO)N[C@@H]1COC[C@H]1Cc1ccncc1. The number of pyridine rings is 1. The predicted molar refractivity (Wildman–Crippen MR) is 65.9 cm³/mol. The largest absolute Gasteiger partial charge is 0.396 e. The van der Waals surface area contributed by atoms with Gasteiger partial charge in [0.1, 0.15) is 0 Å². The van der Waals surface area contributed by atoms with Crippen LogP contribution < -0.4 is 5.32 Å². The van der Waals surface area contributed by atoms with Crippen LogP contribution in [0.15, 0.2) is 24.5 Å². The lowest BCUT2D eigenvalue weighted by molar-refractivity contribution is -0.122. The van der Waals surface area contributed by atoms with Gasteiger partial charge < -0.3 is 15.2 Å². The molecule has 1 aromatic rings. The quantitative estimate of drug-likeness (QED) is 0.779. The van der Waals surface area contributed by atoms with Gasteiger partial charge in [0.2, 0.25) is 5.91 Å².